The predicted octanol–water partition coefficient (Wildman–Crippen LogP) is 2.50. The van der Waals surface area contributed by atoms with Crippen molar-refractivity contribution in [1.82, 2.24) is 24.8 Å². The number of likely N-dealkylation sites (tertiary alicyclic amines) is 1. The maximum Gasteiger partial charge on any atom is 0.433 e. The molecule has 1 saturated heterocycles. The highest BCUT2D eigenvalue weighted by atomic mass is 19.4. The summed E-state index contributed by atoms with van der Waals surface area (Å²) in [5.41, 5.74) is -2.92. The van der Waals surface area contributed by atoms with Gasteiger partial charge in [0.05, 0.1) is 11.3 Å². The second-order valence-electron chi connectivity index (χ2n) is 7.45. The molecule has 0 saturated carbocycles. The molecule has 3 heterocycles. The van der Waals surface area contributed by atoms with Gasteiger partial charge in [0.25, 0.3) is 11.5 Å². The van der Waals surface area contributed by atoms with Crippen molar-refractivity contribution in [2.45, 2.75) is 25.6 Å². The Morgan fingerprint density at radius 3 is 2.53 bits per heavy atom. The smallest absolute Gasteiger partial charge is 0.433 e. The lowest BCUT2D eigenvalue weighted by atomic mass is 10.1. The van der Waals surface area contributed by atoms with E-state index in [1.54, 1.807) is 18.2 Å². The lowest BCUT2D eigenvalue weighted by molar-refractivity contribution is -0.140. The molecular formula is C20H18F3N5O4. The van der Waals surface area contributed by atoms with Crippen molar-refractivity contribution in [2.75, 3.05) is 13.1 Å². The monoisotopic (exact) mass is 449 g/mol. The zero-order chi connectivity index (χ0) is 23.2. The molecule has 1 fully saturated rings. The fourth-order valence-corrected chi connectivity index (χ4v) is 3.83. The molecule has 3 N–H and O–H groups in total. The standard InChI is InChI=1S/C20H18F3N5O4/c1-10-13(17(29)25-12-7-8-27(9-12)19(31)32)18(30)28-16(24-10)14(11-5-3-2-4-6-11)15(26-28)20(21,22)23/h2-6,12,26H,7-9H2,1H3,(H,25,29)(H,31,32). The number of benzene rings is 1. The molecule has 1 aromatic carbocycles. The van der Waals surface area contributed by atoms with Crippen LogP contribution in [-0.2, 0) is 6.18 Å². The van der Waals surface area contributed by atoms with Gasteiger partial charge in [-0.1, -0.05) is 30.3 Å². The van der Waals surface area contributed by atoms with Gasteiger partial charge < -0.3 is 15.3 Å². The van der Waals surface area contributed by atoms with Crippen molar-refractivity contribution in [3.63, 3.8) is 0 Å². The number of carbonyl (C=O) groups is 2. The molecule has 1 unspecified atom stereocenters. The summed E-state index contributed by atoms with van der Waals surface area (Å²) in [6.45, 7) is 1.64. The van der Waals surface area contributed by atoms with Crippen LogP contribution in [0.1, 0.15) is 28.2 Å². The number of hydrogen-bond acceptors (Lipinski definition) is 4. The van der Waals surface area contributed by atoms with Crippen LogP contribution >= 0.6 is 0 Å². The van der Waals surface area contributed by atoms with E-state index in [2.05, 4.69) is 15.4 Å². The number of H-pyrrole nitrogens is 1. The van der Waals surface area contributed by atoms with E-state index in [9.17, 15) is 27.6 Å². The van der Waals surface area contributed by atoms with Crippen LogP contribution in [0.4, 0.5) is 18.0 Å². The van der Waals surface area contributed by atoms with E-state index in [0.717, 1.165) is 4.90 Å². The highest BCUT2D eigenvalue weighted by Crippen LogP contribution is 2.38. The zero-order valence-corrected chi connectivity index (χ0v) is 16.7. The normalized spacial score (nSPS) is 16.5. The number of amides is 2. The minimum absolute atomic E-state index is 0.0366. The summed E-state index contributed by atoms with van der Waals surface area (Å²) in [7, 11) is 0. The van der Waals surface area contributed by atoms with Gasteiger partial charge in [0.1, 0.15) is 11.3 Å². The van der Waals surface area contributed by atoms with Gasteiger partial charge in [-0.3, -0.25) is 14.7 Å². The first-order valence-corrected chi connectivity index (χ1v) is 9.64. The Morgan fingerprint density at radius 1 is 1.25 bits per heavy atom. The Balaban J connectivity index is 1.80. The molecule has 1 aliphatic rings. The Bertz CT molecular complexity index is 1270. The second kappa shape index (κ2) is 7.70. The minimum atomic E-state index is -4.80. The van der Waals surface area contributed by atoms with Gasteiger partial charge in [-0.2, -0.15) is 17.7 Å². The van der Waals surface area contributed by atoms with Crippen molar-refractivity contribution < 1.29 is 27.9 Å². The lowest BCUT2D eigenvalue weighted by Gasteiger charge is -2.14. The third-order valence-corrected chi connectivity index (χ3v) is 5.33. The molecule has 3 aromatic rings. The lowest BCUT2D eigenvalue weighted by Crippen LogP contribution is -2.41. The minimum Gasteiger partial charge on any atom is -0.465 e. The summed E-state index contributed by atoms with van der Waals surface area (Å²) in [6, 6.07) is 7.19. The third-order valence-electron chi connectivity index (χ3n) is 5.33. The molecule has 0 bridgehead atoms. The number of nitrogens with zero attached hydrogens (tertiary/aromatic N) is 3. The van der Waals surface area contributed by atoms with Gasteiger partial charge in [-0.25, -0.2) is 9.78 Å². The van der Waals surface area contributed by atoms with Crippen molar-refractivity contribution in [3.8, 4) is 11.1 Å². The fourth-order valence-electron chi connectivity index (χ4n) is 3.83. The maximum absolute atomic E-state index is 13.7. The molecule has 0 spiro atoms. The van der Waals surface area contributed by atoms with E-state index in [1.807, 2.05) is 0 Å². The van der Waals surface area contributed by atoms with Crippen molar-refractivity contribution in [3.05, 3.63) is 57.6 Å². The summed E-state index contributed by atoms with van der Waals surface area (Å²) in [6.07, 6.45) is -5.57. The molecule has 12 heteroatoms. The Hall–Kier alpha value is -3.83. The van der Waals surface area contributed by atoms with Crippen LogP contribution in [0.3, 0.4) is 0 Å². The third kappa shape index (κ3) is 3.67. The number of aryl methyl sites for hydroxylation is 1. The molecule has 0 aliphatic carbocycles. The molecule has 2 amide bonds. The van der Waals surface area contributed by atoms with Gasteiger partial charge in [-0.05, 0) is 18.9 Å². The van der Waals surface area contributed by atoms with Crippen molar-refractivity contribution >= 4 is 17.6 Å². The number of halogens is 3. The number of aromatic amines is 1. The van der Waals surface area contributed by atoms with Crippen LogP contribution in [0.5, 0.6) is 0 Å². The molecule has 32 heavy (non-hydrogen) atoms. The molecule has 1 atom stereocenters. The SMILES string of the molecule is Cc1nc2c(-c3ccccc3)c(C(F)(F)F)[nH]n2c(=O)c1C(=O)NC1CCN(C(=O)O)C1. The Labute approximate surface area is 178 Å². The van der Waals surface area contributed by atoms with Crippen molar-refractivity contribution in [2.24, 2.45) is 0 Å². The van der Waals surface area contributed by atoms with Gasteiger partial charge in [0.15, 0.2) is 5.65 Å². The molecule has 9 nitrogen and oxygen atoms in total. The number of carboxylic acid groups (broad SMARTS) is 1. The number of alkyl halides is 3. The van der Waals surface area contributed by atoms with Gasteiger partial charge in [-0.15, -0.1) is 0 Å². The molecule has 0 radical (unpaired) electrons. The summed E-state index contributed by atoms with van der Waals surface area (Å²) < 4.78 is 41.8. The Morgan fingerprint density at radius 2 is 1.94 bits per heavy atom. The van der Waals surface area contributed by atoms with Crippen LogP contribution in [0.25, 0.3) is 16.8 Å². The first-order chi connectivity index (χ1) is 15.1. The summed E-state index contributed by atoms with van der Waals surface area (Å²) in [4.78, 5) is 42.1. The van der Waals surface area contributed by atoms with E-state index >= 15 is 0 Å². The number of carbonyl (C=O) groups excluding carboxylic acids is 1. The average molecular weight is 449 g/mol. The van der Waals surface area contributed by atoms with Crippen LogP contribution in [-0.4, -0.2) is 55.7 Å². The molecule has 2 aromatic heterocycles. The van der Waals surface area contributed by atoms with Crippen LogP contribution in [0.2, 0.25) is 0 Å². The van der Waals surface area contributed by atoms with E-state index in [0.29, 0.717) is 10.9 Å². The van der Waals surface area contributed by atoms with E-state index in [-0.39, 0.29) is 35.6 Å². The topological polar surface area (TPSA) is 120 Å². The van der Waals surface area contributed by atoms with Gasteiger partial charge >= 0.3 is 12.3 Å². The summed E-state index contributed by atoms with van der Waals surface area (Å²) >= 11 is 0. The predicted molar refractivity (Wildman–Crippen MR) is 106 cm³/mol. The average Bonchev–Trinajstić information content (AvgIpc) is 3.33. The number of aromatic nitrogens is 3. The molecule has 4 rings (SSSR count). The molecular weight excluding hydrogens is 431 g/mol. The number of nitrogens with one attached hydrogen (secondary N) is 2. The number of rotatable bonds is 3. The number of fused-ring (bicyclic) bond motifs is 1. The zero-order valence-electron chi connectivity index (χ0n) is 16.7. The molecule has 168 valence electrons. The first kappa shape index (κ1) is 21.4. The number of hydrogen-bond donors (Lipinski definition) is 3. The van der Waals surface area contributed by atoms with E-state index in [4.69, 9.17) is 5.11 Å². The summed E-state index contributed by atoms with van der Waals surface area (Å²) in [5.74, 6) is -0.823. The fraction of sp³-hybridized carbons (Fsp3) is 0.300. The van der Waals surface area contributed by atoms with Crippen LogP contribution in [0.15, 0.2) is 35.1 Å². The van der Waals surface area contributed by atoms with Crippen LogP contribution < -0.4 is 10.9 Å². The first-order valence-electron chi connectivity index (χ1n) is 9.64. The highest BCUT2D eigenvalue weighted by molar-refractivity contribution is 5.95. The van der Waals surface area contributed by atoms with Crippen LogP contribution in [0, 0.1) is 6.92 Å². The summed E-state index contributed by atoms with van der Waals surface area (Å²) in [5, 5.41) is 13.7. The van der Waals surface area contributed by atoms with E-state index < -0.39 is 41.0 Å². The Kier molecular flexibility index (Phi) is 5.15. The largest absolute Gasteiger partial charge is 0.465 e. The highest BCUT2D eigenvalue weighted by Gasteiger charge is 2.39. The second-order valence-corrected chi connectivity index (χ2v) is 7.45. The van der Waals surface area contributed by atoms with Gasteiger partial charge in [0.2, 0.25) is 0 Å². The van der Waals surface area contributed by atoms with E-state index in [1.165, 1.54) is 19.1 Å². The van der Waals surface area contributed by atoms with Gasteiger partial charge in [0, 0.05) is 19.1 Å². The quantitative estimate of drug-likeness (QED) is 0.568. The molecule has 1 aliphatic heterocycles. The maximum atomic E-state index is 13.7. The van der Waals surface area contributed by atoms with Crippen molar-refractivity contribution in [1.29, 1.82) is 0 Å².